The third-order valence-electron chi connectivity index (χ3n) is 1.18. The summed E-state index contributed by atoms with van der Waals surface area (Å²) in [5, 5.41) is 17.0. The first-order valence-corrected chi connectivity index (χ1v) is 8.61. The zero-order valence-corrected chi connectivity index (χ0v) is 20.1. The zero-order valence-electron chi connectivity index (χ0n) is 10.3. The van der Waals surface area contributed by atoms with Gasteiger partial charge in [0.25, 0.3) is 0 Å². The molecule has 0 heterocycles. The van der Waals surface area contributed by atoms with E-state index in [0.29, 0.717) is 0 Å². The van der Waals surface area contributed by atoms with Crippen LogP contribution >= 0.6 is 0 Å². The van der Waals surface area contributed by atoms with Gasteiger partial charge in [-0.25, -0.2) is 16.8 Å². The first-order chi connectivity index (χ1) is 7.91. The van der Waals surface area contributed by atoms with Crippen molar-refractivity contribution in [3.63, 3.8) is 0 Å². The van der Waals surface area contributed by atoms with Crippen LogP contribution in [0.1, 0.15) is 0 Å². The maximum absolute atomic E-state index is 9.84. The van der Waals surface area contributed by atoms with Crippen molar-refractivity contribution in [1.82, 2.24) is 0 Å². The van der Waals surface area contributed by atoms with Crippen LogP contribution in [0.25, 0.3) is 0 Å². The maximum Gasteiger partial charge on any atom is 2.00 e. The molecule has 8 nitrogen and oxygen atoms in total. The van der Waals surface area contributed by atoms with Gasteiger partial charge >= 0.3 is 82.5 Å². The summed E-state index contributed by atoms with van der Waals surface area (Å²) in [6, 6.07) is 0. The van der Waals surface area contributed by atoms with E-state index in [4.69, 9.17) is 10.2 Å². The molecule has 0 aliphatic rings. The number of aliphatic hydroxyl groups excluding tert-OH is 2. The van der Waals surface area contributed by atoms with Crippen LogP contribution in [0, 0.1) is 0 Å². The first kappa shape index (κ1) is 35.3. The minimum Gasteiger partial charge on any atom is -0.790 e. The van der Waals surface area contributed by atoms with Crippen molar-refractivity contribution in [3.8, 4) is 0 Å². The van der Waals surface area contributed by atoms with Crippen LogP contribution in [-0.4, -0.2) is 109 Å². The van der Waals surface area contributed by atoms with Crippen LogP contribution in [-0.2, 0) is 90.3 Å². The van der Waals surface area contributed by atoms with Crippen LogP contribution in [0.15, 0.2) is 0 Å². The van der Waals surface area contributed by atoms with Crippen molar-refractivity contribution < 1.29 is 80.9 Å². The van der Waals surface area contributed by atoms with Gasteiger partial charge in [0.15, 0.2) is 0 Å². The molecule has 0 aromatic rings. The molecule has 2 atom stereocenters. The molecule has 2 unspecified atom stereocenters. The molecule has 15 heteroatoms. The van der Waals surface area contributed by atoms with Crippen molar-refractivity contribution in [1.29, 1.82) is 0 Å². The Labute approximate surface area is 196 Å². The van der Waals surface area contributed by atoms with E-state index >= 15 is 0 Å². The predicted octanol–water partition coefficient (Wildman–Crippen LogP) is -3.51. The molecular weight excluding hydrogens is 762 g/mol. The predicted molar refractivity (Wildman–Crippen MR) is 71.4 cm³/mol. The van der Waals surface area contributed by atoms with Crippen molar-refractivity contribution >= 4 is 83.2 Å². The summed E-state index contributed by atoms with van der Waals surface area (Å²) < 4.78 is 59.0. The smallest absolute Gasteiger partial charge is 0.790 e. The molecule has 0 saturated carbocycles. The standard InChI is InChI=1S/2C3H8O4S2.2Au.Ca/c2*4-3(1-8)2-9(5,6)7;;;/h2*3-4,8H,1-2H2,(H,5,6,7);;;/q;;2*+1;+2/p-4. The van der Waals surface area contributed by atoms with Gasteiger partial charge < -0.3 is 44.6 Å². The summed E-state index contributed by atoms with van der Waals surface area (Å²) >= 11 is 8.58. The molecule has 132 valence electrons. The second-order valence-electron chi connectivity index (χ2n) is 3.09. The zero-order chi connectivity index (χ0) is 15.0. The summed E-state index contributed by atoms with van der Waals surface area (Å²) in [7, 11) is -8.60. The summed E-state index contributed by atoms with van der Waals surface area (Å²) in [6.45, 7) is 0. The van der Waals surface area contributed by atoms with Gasteiger partial charge in [-0.2, -0.15) is 0 Å². The fraction of sp³-hybridized carbons (Fsp3) is 1.00. The number of aliphatic hydroxyl groups is 2. The van der Waals surface area contributed by atoms with E-state index in [-0.39, 0.29) is 94.0 Å². The van der Waals surface area contributed by atoms with Gasteiger partial charge in [-0.3, -0.25) is 0 Å². The first-order valence-electron chi connectivity index (χ1n) is 4.30. The van der Waals surface area contributed by atoms with E-state index in [1.807, 2.05) is 0 Å². The summed E-state index contributed by atoms with van der Waals surface area (Å²) in [5.74, 6) is -1.81. The van der Waals surface area contributed by atoms with E-state index in [2.05, 4.69) is 25.3 Å². The molecule has 2 N–H and O–H groups in total. The van der Waals surface area contributed by atoms with E-state index < -0.39 is 43.9 Å². The Hall–Kier alpha value is 3.18. The largest absolute Gasteiger partial charge is 2.00 e. The SMILES string of the molecule is O=S(=O)([O-])CC(O)C[S-].O=S(=O)([O-])CC(O)C[S-].[Au+].[Au+].[Ca+2]. The van der Waals surface area contributed by atoms with Crippen molar-refractivity contribution in [2.24, 2.45) is 0 Å². The molecule has 0 fully saturated rings. The van der Waals surface area contributed by atoms with Gasteiger partial charge in [-0.15, -0.1) is 11.5 Å². The quantitative estimate of drug-likeness (QED) is 0.158. The second kappa shape index (κ2) is 18.0. The fourth-order valence-corrected chi connectivity index (χ4v) is 2.28. The van der Waals surface area contributed by atoms with Crippen molar-refractivity contribution in [2.75, 3.05) is 23.0 Å². The average Bonchev–Trinajstić information content (AvgIpc) is 2.13. The molecule has 0 radical (unpaired) electrons. The Balaban J connectivity index is -0.0000000711. The van der Waals surface area contributed by atoms with Gasteiger partial charge in [0.1, 0.15) is 0 Å². The van der Waals surface area contributed by atoms with Crippen molar-refractivity contribution in [2.45, 2.75) is 12.2 Å². The van der Waals surface area contributed by atoms with E-state index in [1.165, 1.54) is 0 Å². The van der Waals surface area contributed by atoms with Crippen LogP contribution < -0.4 is 0 Å². The molecule has 0 saturated heterocycles. The van der Waals surface area contributed by atoms with E-state index in [0.717, 1.165) is 0 Å². The second-order valence-corrected chi connectivity index (χ2v) is 6.65. The van der Waals surface area contributed by atoms with Gasteiger partial charge in [-0.05, 0) is 0 Å². The van der Waals surface area contributed by atoms with Crippen LogP contribution in [0.2, 0.25) is 0 Å². The minimum atomic E-state index is -4.30. The summed E-state index contributed by atoms with van der Waals surface area (Å²) in [6.07, 6.45) is -2.38. The van der Waals surface area contributed by atoms with E-state index in [9.17, 15) is 25.9 Å². The summed E-state index contributed by atoms with van der Waals surface area (Å²) in [4.78, 5) is 0. The third-order valence-corrected chi connectivity index (χ3v) is 3.53. The molecule has 21 heavy (non-hydrogen) atoms. The molecule has 0 aliphatic heterocycles. The fourth-order valence-electron chi connectivity index (χ4n) is 0.567. The molecular formula is C6H12Au2CaO8S4. The number of hydrogen-bond acceptors (Lipinski definition) is 10. The average molecular weight is 774 g/mol. The van der Waals surface area contributed by atoms with Gasteiger partial charge in [0.05, 0.1) is 31.7 Å². The van der Waals surface area contributed by atoms with E-state index in [1.54, 1.807) is 0 Å². The van der Waals surface area contributed by atoms with Crippen LogP contribution in [0.3, 0.4) is 0 Å². The monoisotopic (exact) mass is 774 g/mol. The van der Waals surface area contributed by atoms with Crippen LogP contribution in [0.4, 0.5) is 0 Å². The molecule has 0 spiro atoms. The Morgan fingerprint density at radius 2 is 1.00 bits per heavy atom. The van der Waals surface area contributed by atoms with Crippen LogP contribution in [0.5, 0.6) is 0 Å². The Morgan fingerprint density at radius 1 is 0.810 bits per heavy atom. The Morgan fingerprint density at radius 3 is 1.05 bits per heavy atom. The van der Waals surface area contributed by atoms with Gasteiger partial charge in [0.2, 0.25) is 0 Å². The Kier molecular flexibility index (Phi) is 30.2. The number of hydrogen-bond donors (Lipinski definition) is 2. The summed E-state index contributed by atoms with van der Waals surface area (Å²) in [5.41, 5.74) is 0. The third kappa shape index (κ3) is 35.2. The normalized spacial score (nSPS) is 13.2. The van der Waals surface area contributed by atoms with Gasteiger partial charge in [0, 0.05) is 12.2 Å². The molecule has 0 amide bonds. The van der Waals surface area contributed by atoms with Gasteiger partial charge in [-0.1, -0.05) is 0 Å². The van der Waals surface area contributed by atoms with Crippen molar-refractivity contribution in [3.05, 3.63) is 0 Å². The molecule has 0 bridgehead atoms. The molecule has 0 aliphatic carbocycles. The number of rotatable bonds is 6. The molecule has 0 rings (SSSR count). The Bertz CT molecular complexity index is 376. The maximum atomic E-state index is 9.84. The topological polar surface area (TPSA) is 155 Å². The molecule has 0 aromatic carbocycles. The molecule has 0 aromatic heterocycles. The minimum absolute atomic E-state index is 0.